The molecule has 2 saturated heterocycles. The fourth-order valence-electron chi connectivity index (χ4n) is 3.79. The highest BCUT2D eigenvalue weighted by atomic mass is 15.3. The third kappa shape index (κ3) is 3.21. The molecule has 3 heterocycles. The molecule has 20 heavy (non-hydrogen) atoms. The molecule has 110 valence electrons. The number of hydrogen-bond donors (Lipinski definition) is 0. The van der Waals surface area contributed by atoms with Gasteiger partial charge in [-0.2, -0.15) is 0 Å². The Morgan fingerprint density at radius 2 is 2.25 bits per heavy atom. The van der Waals surface area contributed by atoms with E-state index in [1.165, 1.54) is 57.4 Å². The van der Waals surface area contributed by atoms with E-state index in [4.69, 9.17) is 0 Å². The molecule has 0 radical (unpaired) electrons. The minimum atomic E-state index is 0.751. The van der Waals surface area contributed by atoms with Crippen molar-refractivity contribution in [1.82, 2.24) is 14.8 Å². The predicted octanol–water partition coefficient (Wildman–Crippen LogP) is 2.57. The van der Waals surface area contributed by atoms with Crippen molar-refractivity contribution in [2.45, 2.75) is 51.1 Å². The Kier molecular flexibility index (Phi) is 4.69. The maximum atomic E-state index is 4.23. The van der Waals surface area contributed by atoms with Crippen LogP contribution in [0.1, 0.15) is 38.2 Å². The smallest absolute Gasteiger partial charge is 0.0300 e. The predicted molar refractivity (Wildman–Crippen MR) is 82.8 cm³/mol. The zero-order valence-electron chi connectivity index (χ0n) is 12.7. The molecular weight excluding hydrogens is 246 g/mol. The molecule has 0 spiro atoms. The monoisotopic (exact) mass is 273 g/mol. The van der Waals surface area contributed by atoms with Gasteiger partial charge in [0.2, 0.25) is 0 Å². The second-order valence-electron chi connectivity index (χ2n) is 6.31. The van der Waals surface area contributed by atoms with E-state index in [9.17, 15) is 0 Å². The van der Waals surface area contributed by atoms with Crippen molar-refractivity contribution >= 4 is 0 Å². The maximum Gasteiger partial charge on any atom is 0.0300 e. The lowest BCUT2D eigenvalue weighted by Crippen LogP contribution is -2.59. The molecule has 0 amide bonds. The van der Waals surface area contributed by atoms with E-state index in [1.54, 1.807) is 0 Å². The number of nitrogens with zero attached hydrogens (tertiary/aromatic N) is 3. The highest BCUT2D eigenvalue weighted by Crippen LogP contribution is 2.25. The summed E-state index contributed by atoms with van der Waals surface area (Å²) >= 11 is 0. The molecule has 0 aromatic carbocycles. The average Bonchev–Trinajstić information content (AvgIpc) is 2.53. The molecule has 2 aliphatic heterocycles. The second kappa shape index (κ2) is 6.68. The van der Waals surface area contributed by atoms with E-state index >= 15 is 0 Å². The maximum absolute atomic E-state index is 4.23. The summed E-state index contributed by atoms with van der Waals surface area (Å²) < 4.78 is 0. The van der Waals surface area contributed by atoms with Crippen LogP contribution in [0.2, 0.25) is 0 Å². The largest absolute Gasteiger partial charge is 0.298 e. The standard InChI is InChI=1S/C17H27N3/c1-2-16-13-19-10-4-3-7-17(19)14-20(16)11-8-15-6-5-9-18-12-15/h5-6,9,12,16-17H,2-4,7-8,10-11,13-14H2,1H3. The number of piperidine rings is 1. The van der Waals surface area contributed by atoms with E-state index in [-0.39, 0.29) is 0 Å². The third-order valence-corrected chi connectivity index (χ3v) is 5.04. The first-order valence-corrected chi connectivity index (χ1v) is 8.24. The minimum Gasteiger partial charge on any atom is -0.298 e. The molecule has 3 heteroatoms. The van der Waals surface area contributed by atoms with Crippen LogP contribution >= 0.6 is 0 Å². The van der Waals surface area contributed by atoms with Gasteiger partial charge in [-0.15, -0.1) is 0 Å². The first-order chi connectivity index (χ1) is 9.86. The fourth-order valence-corrected chi connectivity index (χ4v) is 3.79. The summed E-state index contributed by atoms with van der Waals surface area (Å²) in [7, 11) is 0. The van der Waals surface area contributed by atoms with E-state index in [2.05, 4.69) is 27.8 Å². The molecular formula is C17H27N3. The quantitative estimate of drug-likeness (QED) is 0.840. The van der Waals surface area contributed by atoms with E-state index < -0.39 is 0 Å². The number of hydrogen-bond acceptors (Lipinski definition) is 3. The SMILES string of the molecule is CCC1CN2CCCCC2CN1CCc1cccnc1. The van der Waals surface area contributed by atoms with Crippen molar-refractivity contribution in [2.24, 2.45) is 0 Å². The van der Waals surface area contributed by atoms with Crippen LogP contribution in [-0.2, 0) is 6.42 Å². The summed E-state index contributed by atoms with van der Waals surface area (Å²) in [5.41, 5.74) is 1.37. The second-order valence-corrected chi connectivity index (χ2v) is 6.31. The highest BCUT2D eigenvalue weighted by molar-refractivity contribution is 5.09. The molecule has 0 bridgehead atoms. The van der Waals surface area contributed by atoms with Crippen molar-refractivity contribution in [3.63, 3.8) is 0 Å². The van der Waals surface area contributed by atoms with Gasteiger partial charge in [0, 0.05) is 44.1 Å². The van der Waals surface area contributed by atoms with Gasteiger partial charge in [-0.1, -0.05) is 19.4 Å². The van der Waals surface area contributed by atoms with Crippen LogP contribution in [0.3, 0.4) is 0 Å². The van der Waals surface area contributed by atoms with Crippen LogP contribution in [0.15, 0.2) is 24.5 Å². The van der Waals surface area contributed by atoms with Crippen LogP contribution in [0.25, 0.3) is 0 Å². The van der Waals surface area contributed by atoms with Crippen molar-refractivity contribution in [3.05, 3.63) is 30.1 Å². The van der Waals surface area contributed by atoms with Crippen molar-refractivity contribution in [3.8, 4) is 0 Å². The summed E-state index contributed by atoms with van der Waals surface area (Å²) in [5, 5.41) is 0. The van der Waals surface area contributed by atoms with Crippen LogP contribution in [-0.4, -0.2) is 53.0 Å². The van der Waals surface area contributed by atoms with Gasteiger partial charge in [0.05, 0.1) is 0 Å². The number of aromatic nitrogens is 1. The van der Waals surface area contributed by atoms with E-state index in [0.717, 1.165) is 18.5 Å². The Hall–Kier alpha value is -0.930. The lowest BCUT2D eigenvalue weighted by atomic mass is 9.95. The van der Waals surface area contributed by atoms with Crippen molar-refractivity contribution in [1.29, 1.82) is 0 Å². The Balaban J connectivity index is 1.59. The zero-order valence-corrected chi connectivity index (χ0v) is 12.7. The summed E-state index contributed by atoms with van der Waals surface area (Å²) in [6.45, 7) is 7.42. The molecule has 2 unspecified atom stereocenters. The van der Waals surface area contributed by atoms with Crippen molar-refractivity contribution in [2.75, 3.05) is 26.2 Å². The lowest BCUT2D eigenvalue weighted by molar-refractivity contribution is 0.00826. The van der Waals surface area contributed by atoms with Crippen LogP contribution in [0.5, 0.6) is 0 Å². The molecule has 2 aliphatic rings. The first-order valence-electron chi connectivity index (χ1n) is 8.24. The van der Waals surface area contributed by atoms with Gasteiger partial charge in [0.25, 0.3) is 0 Å². The molecule has 1 aromatic heterocycles. The molecule has 3 nitrogen and oxygen atoms in total. The van der Waals surface area contributed by atoms with Crippen LogP contribution < -0.4 is 0 Å². The van der Waals surface area contributed by atoms with Gasteiger partial charge in [-0.3, -0.25) is 14.8 Å². The highest BCUT2D eigenvalue weighted by Gasteiger charge is 2.33. The molecule has 2 fully saturated rings. The number of rotatable bonds is 4. The minimum absolute atomic E-state index is 0.751. The Labute approximate surface area is 123 Å². The Morgan fingerprint density at radius 1 is 1.30 bits per heavy atom. The zero-order chi connectivity index (χ0) is 13.8. The molecule has 0 N–H and O–H groups in total. The summed E-state index contributed by atoms with van der Waals surface area (Å²) in [4.78, 5) is 9.71. The number of piperazine rings is 1. The van der Waals surface area contributed by atoms with Crippen LogP contribution in [0.4, 0.5) is 0 Å². The topological polar surface area (TPSA) is 19.4 Å². The van der Waals surface area contributed by atoms with Gasteiger partial charge in [0.1, 0.15) is 0 Å². The first kappa shape index (κ1) is 14.0. The molecule has 0 aliphatic carbocycles. The molecule has 1 aromatic rings. The van der Waals surface area contributed by atoms with Gasteiger partial charge in [0.15, 0.2) is 0 Å². The van der Waals surface area contributed by atoms with Crippen molar-refractivity contribution < 1.29 is 0 Å². The molecule has 3 rings (SSSR count). The van der Waals surface area contributed by atoms with Gasteiger partial charge < -0.3 is 0 Å². The van der Waals surface area contributed by atoms with Gasteiger partial charge in [-0.05, 0) is 43.9 Å². The summed E-state index contributed by atoms with van der Waals surface area (Å²) in [6.07, 6.45) is 10.5. The van der Waals surface area contributed by atoms with E-state index in [1.807, 2.05) is 18.5 Å². The Bertz CT molecular complexity index is 406. The molecule has 0 saturated carbocycles. The van der Waals surface area contributed by atoms with Crippen LogP contribution in [0, 0.1) is 0 Å². The summed E-state index contributed by atoms with van der Waals surface area (Å²) in [6, 6.07) is 5.82. The normalized spacial score (nSPS) is 28.2. The molecule has 2 atom stereocenters. The lowest BCUT2D eigenvalue weighted by Gasteiger charge is -2.48. The average molecular weight is 273 g/mol. The number of pyridine rings is 1. The van der Waals surface area contributed by atoms with E-state index in [0.29, 0.717) is 0 Å². The van der Waals surface area contributed by atoms with Gasteiger partial charge >= 0.3 is 0 Å². The van der Waals surface area contributed by atoms with Gasteiger partial charge in [-0.25, -0.2) is 0 Å². The number of fused-ring (bicyclic) bond motifs is 1. The summed E-state index contributed by atoms with van der Waals surface area (Å²) in [5.74, 6) is 0. The Morgan fingerprint density at radius 3 is 3.05 bits per heavy atom. The fraction of sp³-hybridized carbons (Fsp3) is 0.706. The third-order valence-electron chi connectivity index (χ3n) is 5.04.